The van der Waals surface area contributed by atoms with E-state index < -0.39 is 84.2 Å². The summed E-state index contributed by atoms with van der Waals surface area (Å²) in [5, 5.41) is 14.9. The number of ether oxygens (including phenoxy) is 2. The molecular weight excluding hydrogens is 566 g/mol. The summed E-state index contributed by atoms with van der Waals surface area (Å²) in [5.41, 5.74) is -1.27. The van der Waals surface area contributed by atoms with Crippen LogP contribution in [-0.4, -0.2) is 79.1 Å². The predicted octanol–water partition coefficient (Wildman–Crippen LogP) is 2.33. The number of rotatable bonds is 10. The second-order valence-electron chi connectivity index (χ2n) is 10.4. The van der Waals surface area contributed by atoms with Crippen LogP contribution in [0, 0.1) is 17.6 Å². The third-order valence-corrected chi connectivity index (χ3v) is 7.79. The summed E-state index contributed by atoms with van der Waals surface area (Å²) in [6.45, 7) is -0.897. The Balaban J connectivity index is 1.64. The maximum atomic E-state index is 15.2. The molecule has 3 atom stereocenters. The molecule has 1 unspecified atom stereocenters. The van der Waals surface area contributed by atoms with E-state index in [1.807, 2.05) is 0 Å². The molecule has 42 heavy (non-hydrogen) atoms. The molecule has 1 aromatic heterocycles. The highest BCUT2D eigenvalue weighted by atomic mass is 19.3. The Morgan fingerprint density at radius 2 is 1.79 bits per heavy atom. The number of hydrogen-bond acceptors (Lipinski definition) is 7. The van der Waals surface area contributed by atoms with E-state index in [1.54, 1.807) is 0 Å². The molecule has 1 aliphatic carbocycles. The summed E-state index contributed by atoms with van der Waals surface area (Å²) in [7, 11) is 2.61. The minimum absolute atomic E-state index is 0.0255. The number of aliphatic hydroxyl groups is 1. The molecule has 11 nitrogen and oxygen atoms in total. The standard InChI is InChI=1S/C27H33F4N5O6/c1-41-13-16(12-37)35-8-7-32-24(26(35)39)36-11-18(21-19(28)9-17(42-2)10-20(21)29)22(25(36)38)34-27(40)33-15-5-3-14(4-6-15)23(30)31/h7-10,14-16,18,22-23,37H,3-6,11-13H2,1-2H3,(H2,33,34,40)/t14?,15?,16?,18-,22-/m0/s1. The van der Waals surface area contributed by atoms with Crippen molar-refractivity contribution in [3.05, 3.63) is 52.1 Å². The van der Waals surface area contributed by atoms with Crippen molar-refractivity contribution in [2.75, 3.05) is 38.9 Å². The fraction of sp³-hybridized carbons (Fsp3) is 0.556. The summed E-state index contributed by atoms with van der Waals surface area (Å²) >= 11 is 0. The first-order valence-corrected chi connectivity index (χ1v) is 13.5. The van der Waals surface area contributed by atoms with E-state index in [1.165, 1.54) is 26.6 Å². The number of urea groups is 1. The number of amides is 3. The van der Waals surface area contributed by atoms with Crippen LogP contribution in [0.4, 0.5) is 28.2 Å². The third kappa shape index (κ3) is 6.51. The topological polar surface area (TPSA) is 135 Å². The molecule has 2 aliphatic rings. The highest BCUT2D eigenvalue weighted by Crippen LogP contribution is 2.35. The summed E-state index contributed by atoms with van der Waals surface area (Å²) < 4.78 is 67.5. The van der Waals surface area contributed by atoms with Crippen LogP contribution in [0.3, 0.4) is 0 Å². The molecule has 15 heteroatoms. The van der Waals surface area contributed by atoms with Gasteiger partial charge in [0.05, 0.1) is 26.4 Å². The van der Waals surface area contributed by atoms with E-state index in [-0.39, 0.29) is 31.0 Å². The second-order valence-corrected chi connectivity index (χ2v) is 10.4. The van der Waals surface area contributed by atoms with Gasteiger partial charge in [-0.05, 0) is 25.7 Å². The second kappa shape index (κ2) is 13.5. The van der Waals surface area contributed by atoms with Gasteiger partial charge in [0.15, 0.2) is 0 Å². The number of methoxy groups -OCH3 is 2. The van der Waals surface area contributed by atoms with Crippen molar-refractivity contribution in [3.8, 4) is 5.75 Å². The van der Waals surface area contributed by atoms with Crippen molar-refractivity contribution in [2.24, 2.45) is 5.92 Å². The van der Waals surface area contributed by atoms with Gasteiger partial charge in [-0.25, -0.2) is 27.3 Å². The first-order chi connectivity index (χ1) is 20.1. The average Bonchev–Trinajstić information content (AvgIpc) is 3.26. The maximum absolute atomic E-state index is 15.2. The lowest BCUT2D eigenvalue weighted by atomic mass is 9.86. The number of alkyl halides is 2. The zero-order valence-electron chi connectivity index (χ0n) is 23.1. The van der Waals surface area contributed by atoms with Gasteiger partial charge in [0.2, 0.25) is 12.2 Å². The molecule has 3 amide bonds. The van der Waals surface area contributed by atoms with Gasteiger partial charge in [-0.1, -0.05) is 0 Å². The number of aromatic nitrogens is 2. The molecule has 0 bridgehead atoms. The monoisotopic (exact) mass is 599 g/mol. The number of carbonyl (C=O) groups is 2. The van der Waals surface area contributed by atoms with Gasteiger partial charge in [-0.2, -0.15) is 0 Å². The maximum Gasteiger partial charge on any atom is 0.315 e. The zero-order valence-corrected chi connectivity index (χ0v) is 23.1. The van der Waals surface area contributed by atoms with Gasteiger partial charge >= 0.3 is 6.03 Å². The number of benzene rings is 1. The summed E-state index contributed by atoms with van der Waals surface area (Å²) in [6, 6.07) is -1.69. The number of nitrogens with zero attached hydrogens (tertiary/aromatic N) is 3. The zero-order chi connectivity index (χ0) is 30.6. The van der Waals surface area contributed by atoms with Gasteiger partial charge < -0.3 is 29.8 Å². The SMILES string of the molecule is COCC(CO)n1ccnc(N2C[C@@H](c3c(F)cc(OC)cc3F)[C@H](NC(=O)NC3CCC(C(F)F)CC3)C2=O)c1=O. The van der Waals surface area contributed by atoms with Crippen LogP contribution in [0.2, 0.25) is 0 Å². The van der Waals surface area contributed by atoms with Crippen molar-refractivity contribution in [1.29, 1.82) is 0 Å². The fourth-order valence-corrected chi connectivity index (χ4v) is 5.56. The lowest BCUT2D eigenvalue weighted by Gasteiger charge is -2.29. The van der Waals surface area contributed by atoms with Gasteiger partial charge in [0.1, 0.15) is 23.4 Å². The minimum Gasteiger partial charge on any atom is -0.497 e. The largest absolute Gasteiger partial charge is 0.497 e. The Labute approximate surface area is 238 Å². The molecule has 3 N–H and O–H groups in total. The highest BCUT2D eigenvalue weighted by Gasteiger charge is 2.46. The van der Waals surface area contributed by atoms with Crippen LogP contribution < -0.4 is 25.8 Å². The van der Waals surface area contributed by atoms with E-state index >= 15 is 8.78 Å². The van der Waals surface area contributed by atoms with E-state index in [0.29, 0.717) is 12.8 Å². The highest BCUT2D eigenvalue weighted by molar-refractivity contribution is 6.01. The van der Waals surface area contributed by atoms with E-state index in [4.69, 9.17) is 9.47 Å². The third-order valence-electron chi connectivity index (χ3n) is 7.79. The Kier molecular flexibility index (Phi) is 10.0. The summed E-state index contributed by atoms with van der Waals surface area (Å²) in [4.78, 5) is 44.9. The molecule has 0 spiro atoms. The Bertz CT molecular complexity index is 1310. The normalized spacial score (nSPS) is 23.2. The van der Waals surface area contributed by atoms with Crippen molar-refractivity contribution in [3.63, 3.8) is 0 Å². The van der Waals surface area contributed by atoms with E-state index in [9.17, 15) is 28.3 Å². The number of aliphatic hydroxyl groups excluding tert-OH is 1. The minimum atomic E-state index is -2.45. The van der Waals surface area contributed by atoms with E-state index in [0.717, 1.165) is 21.6 Å². The van der Waals surface area contributed by atoms with Crippen molar-refractivity contribution in [1.82, 2.24) is 20.2 Å². The predicted molar refractivity (Wildman–Crippen MR) is 142 cm³/mol. The van der Waals surface area contributed by atoms with Gasteiger partial charge in [-0.3, -0.25) is 14.5 Å². The summed E-state index contributed by atoms with van der Waals surface area (Å²) in [6.07, 6.45) is 1.13. The average molecular weight is 600 g/mol. The number of anilines is 1. The molecule has 230 valence electrons. The van der Waals surface area contributed by atoms with Crippen LogP contribution in [0.25, 0.3) is 0 Å². The Morgan fingerprint density at radius 3 is 2.36 bits per heavy atom. The molecule has 1 aromatic carbocycles. The lowest BCUT2D eigenvalue weighted by Crippen LogP contribution is -2.51. The van der Waals surface area contributed by atoms with Crippen LogP contribution in [-0.2, 0) is 9.53 Å². The molecule has 2 fully saturated rings. The van der Waals surface area contributed by atoms with Crippen molar-refractivity contribution in [2.45, 2.75) is 56.2 Å². The Hall–Kier alpha value is -3.72. The van der Waals surface area contributed by atoms with Gasteiger partial charge in [0.25, 0.3) is 11.5 Å². The smallest absolute Gasteiger partial charge is 0.315 e. The molecule has 2 heterocycles. The van der Waals surface area contributed by atoms with Gasteiger partial charge in [-0.15, -0.1) is 0 Å². The van der Waals surface area contributed by atoms with Crippen LogP contribution in [0.15, 0.2) is 29.3 Å². The Morgan fingerprint density at radius 1 is 1.12 bits per heavy atom. The first kappa shape index (κ1) is 31.2. The lowest BCUT2D eigenvalue weighted by molar-refractivity contribution is -0.118. The van der Waals surface area contributed by atoms with E-state index in [2.05, 4.69) is 15.6 Å². The number of halogens is 4. The number of hydrogen-bond donors (Lipinski definition) is 3. The molecule has 1 saturated carbocycles. The molecular formula is C27H33F4N5O6. The van der Waals surface area contributed by atoms with Crippen molar-refractivity contribution < 1.29 is 41.7 Å². The molecule has 0 radical (unpaired) electrons. The first-order valence-electron chi connectivity index (χ1n) is 13.5. The molecule has 1 aliphatic heterocycles. The number of carbonyl (C=O) groups excluding carboxylic acids is 2. The summed E-state index contributed by atoms with van der Waals surface area (Å²) in [5.74, 6) is -5.40. The number of nitrogens with one attached hydrogen (secondary N) is 2. The van der Waals surface area contributed by atoms with Crippen LogP contribution in [0.5, 0.6) is 5.75 Å². The van der Waals surface area contributed by atoms with Crippen molar-refractivity contribution >= 4 is 17.8 Å². The van der Waals surface area contributed by atoms with Crippen LogP contribution >= 0.6 is 0 Å². The van der Waals surface area contributed by atoms with Crippen LogP contribution in [0.1, 0.15) is 43.2 Å². The molecule has 1 saturated heterocycles. The fourth-order valence-electron chi connectivity index (χ4n) is 5.56. The molecule has 4 rings (SSSR count). The quantitative estimate of drug-likeness (QED) is 0.357. The van der Waals surface area contributed by atoms with Gasteiger partial charge in [0, 0.05) is 61.6 Å². The molecule has 2 aromatic rings.